The molecule has 0 saturated heterocycles. The predicted molar refractivity (Wildman–Crippen MR) is 118 cm³/mol. The van der Waals surface area contributed by atoms with Gasteiger partial charge in [0.1, 0.15) is 0 Å². The number of hydrogen-bond donors (Lipinski definition) is 1. The lowest BCUT2D eigenvalue weighted by atomic mass is 10.1. The van der Waals surface area contributed by atoms with Crippen LogP contribution in [0.25, 0.3) is 32.8 Å². The summed E-state index contributed by atoms with van der Waals surface area (Å²) >= 11 is 6.06. The van der Waals surface area contributed by atoms with Crippen LogP contribution in [0.4, 0.5) is 11.4 Å². The van der Waals surface area contributed by atoms with Gasteiger partial charge < -0.3 is 9.88 Å². The van der Waals surface area contributed by atoms with Crippen molar-refractivity contribution in [1.29, 1.82) is 0 Å². The van der Waals surface area contributed by atoms with Crippen LogP contribution in [-0.2, 0) is 6.54 Å². The summed E-state index contributed by atoms with van der Waals surface area (Å²) in [5.41, 5.74) is 6.00. The van der Waals surface area contributed by atoms with Crippen molar-refractivity contribution in [3.05, 3.63) is 72.0 Å². The Balaban J connectivity index is 1.84. The van der Waals surface area contributed by atoms with E-state index in [2.05, 4.69) is 35.0 Å². The van der Waals surface area contributed by atoms with Crippen molar-refractivity contribution < 1.29 is 0 Å². The highest BCUT2D eigenvalue weighted by Gasteiger charge is 2.15. The number of rotatable bonds is 4. The van der Waals surface area contributed by atoms with Gasteiger partial charge in [0.05, 0.1) is 39.5 Å². The van der Waals surface area contributed by atoms with Crippen LogP contribution in [-0.4, -0.2) is 14.5 Å². The maximum Gasteiger partial charge on any atom is 0.0999 e. The average Bonchev–Trinajstić information content (AvgIpc) is 3.12. The number of para-hydroxylation sites is 1. The van der Waals surface area contributed by atoms with Gasteiger partial charge in [0.25, 0.3) is 0 Å². The largest absolute Gasteiger partial charge is 0.354 e. The Morgan fingerprint density at radius 1 is 0.964 bits per heavy atom. The zero-order chi connectivity index (χ0) is 19.1. The number of pyridine rings is 1. The first kappa shape index (κ1) is 17.0. The molecule has 0 aliphatic heterocycles. The highest BCUT2D eigenvalue weighted by atomic mass is 35.5. The Morgan fingerprint density at radius 3 is 2.61 bits per heavy atom. The highest BCUT2D eigenvalue weighted by Crippen LogP contribution is 2.37. The Hall–Kier alpha value is -3.11. The molecule has 0 spiro atoms. The molecule has 3 aromatic carbocycles. The second kappa shape index (κ2) is 6.80. The number of aryl methyl sites for hydroxylation is 1. The van der Waals surface area contributed by atoms with Crippen LogP contribution in [0.5, 0.6) is 0 Å². The number of anilines is 2. The first-order chi connectivity index (χ1) is 13.7. The van der Waals surface area contributed by atoms with Gasteiger partial charge in [0.2, 0.25) is 0 Å². The average molecular weight is 387 g/mol. The number of hydrogen-bond acceptors (Lipinski definition) is 3. The van der Waals surface area contributed by atoms with E-state index in [4.69, 9.17) is 21.6 Å². The van der Waals surface area contributed by atoms with Gasteiger partial charge >= 0.3 is 0 Å². The summed E-state index contributed by atoms with van der Waals surface area (Å²) in [7, 11) is 0. The number of imidazole rings is 1. The van der Waals surface area contributed by atoms with Gasteiger partial charge in [-0.15, -0.1) is 0 Å². The minimum absolute atomic E-state index is 0.718. The molecule has 2 aromatic heterocycles. The third kappa shape index (κ3) is 2.77. The summed E-state index contributed by atoms with van der Waals surface area (Å²) in [5.74, 6) is 0. The van der Waals surface area contributed by atoms with Crippen LogP contribution in [0.1, 0.15) is 13.3 Å². The number of nitrogens with zero attached hydrogens (tertiary/aromatic N) is 3. The quantitative estimate of drug-likeness (QED) is 0.356. The van der Waals surface area contributed by atoms with Crippen molar-refractivity contribution in [2.45, 2.75) is 19.9 Å². The summed E-state index contributed by atoms with van der Waals surface area (Å²) in [6, 6.07) is 20.2. The molecule has 5 rings (SSSR count). The molecular formula is C23H19ClN4. The number of nitrogens with one attached hydrogen (secondary N) is 1. The normalized spacial score (nSPS) is 11.5. The van der Waals surface area contributed by atoms with Crippen molar-refractivity contribution in [3.63, 3.8) is 0 Å². The van der Waals surface area contributed by atoms with Crippen molar-refractivity contribution in [1.82, 2.24) is 14.5 Å². The van der Waals surface area contributed by atoms with Crippen LogP contribution in [0.3, 0.4) is 0 Å². The highest BCUT2D eigenvalue weighted by molar-refractivity contribution is 6.30. The topological polar surface area (TPSA) is 42.7 Å². The van der Waals surface area contributed by atoms with Gasteiger partial charge in [-0.05, 0) is 48.9 Å². The molecule has 1 N–H and O–H groups in total. The molecule has 5 heteroatoms. The fourth-order valence-electron chi connectivity index (χ4n) is 3.73. The first-order valence-electron chi connectivity index (χ1n) is 9.43. The van der Waals surface area contributed by atoms with E-state index in [-0.39, 0.29) is 0 Å². The molecule has 4 nitrogen and oxygen atoms in total. The molecule has 0 aliphatic carbocycles. The zero-order valence-corrected chi connectivity index (χ0v) is 16.2. The molecular weight excluding hydrogens is 368 g/mol. The number of halogens is 1. The monoisotopic (exact) mass is 386 g/mol. The van der Waals surface area contributed by atoms with Gasteiger partial charge in [0.15, 0.2) is 0 Å². The third-order valence-electron chi connectivity index (χ3n) is 5.01. The van der Waals surface area contributed by atoms with Gasteiger partial charge in [0, 0.05) is 22.6 Å². The smallest absolute Gasteiger partial charge is 0.0999 e. The molecule has 0 unspecified atom stereocenters. The zero-order valence-electron chi connectivity index (χ0n) is 15.5. The molecule has 0 amide bonds. The molecule has 0 fully saturated rings. The Kier molecular flexibility index (Phi) is 4.14. The van der Waals surface area contributed by atoms with Crippen LogP contribution in [0.2, 0.25) is 5.02 Å². The molecule has 0 aliphatic rings. The van der Waals surface area contributed by atoms with E-state index in [1.165, 1.54) is 0 Å². The lowest BCUT2D eigenvalue weighted by Crippen LogP contribution is -1.97. The molecule has 0 radical (unpaired) electrons. The van der Waals surface area contributed by atoms with E-state index < -0.39 is 0 Å². The fraction of sp³-hybridized carbons (Fsp3) is 0.130. The van der Waals surface area contributed by atoms with Crippen molar-refractivity contribution in [2.75, 3.05) is 5.32 Å². The molecule has 28 heavy (non-hydrogen) atoms. The Morgan fingerprint density at radius 2 is 1.79 bits per heavy atom. The molecule has 0 saturated carbocycles. The minimum Gasteiger partial charge on any atom is -0.354 e. The minimum atomic E-state index is 0.718. The number of fused-ring (bicyclic) bond motifs is 4. The van der Waals surface area contributed by atoms with Gasteiger partial charge in [-0.1, -0.05) is 36.7 Å². The number of aromatic nitrogens is 3. The van der Waals surface area contributed by atoms with E-state index in [1.807, 2.05) is 48.8 Å². The maximum atomic E-state index is 6.06. The third-order valence-corrected chi connectivity index (χ3v) is 5.26. The van der Waals surface area contributed by atoms with E-state index in [9.17, 15) is 0 Å². The second-order valence-electron chi connectivity index (χ2n) is 6.90. The Bertz CT molecular complexity index is 1310. The summed E-state index contributed by atoms with van der Waals surface area (Å²) < 4.78 is 2.20. The first-order valence-corrected chi connectivity index (χ1v) is 9.81. The van der Waals surface area contributed by atoms with E-state index in [0.717, 1.165) is 62.2 Å². The van der Waals surface area contributed by atoms with Crippen LogP contribution in [0.15, 0.2) is 67.0 Å². The molecule has 2 heterocycles. The van der Waals surface area contributed by atoms with Gasteiger partial charge in [-0.3, -0.25) is 0 Å². The maximum absolute atomic E-state index is 6.06. The van der Waals surface area contributed by atoms with Crippen LogP contribution >= 0.6 is 11.6 Å². The predicted octanol–water partition coefficient (Wildman–Crippen LogP) is 6.54. The lowest BCUT2D eigenvalue weighted by Gasteiger charge is -2.14. The number of benzene rings is 3. The van der Waals surface area contributed by atoms with E-state index in [1.54, 1.807) is 0 Å². The van der Waals surface area contributed by atoms with Gasteiger partial charge in [-0.25, -0.2) is 9.97 Å². The fourth-order valence-corrected chi connectivity index (χ4v) is 3.86. The summed E-state index contributed by atoms with van der Waals surface area (Å²) in [6.07, 6.45) is 2.99. The summed E-state index contributed by atoms with van der Waals surface area (Å²) in [5, 5.41) is 6.44. The second-order valence-corrected chi connectivity index (χ2v) is 7.34. The SMILES string of the molecule is CCCn1cnc2c3c(Nc4ccc(Cl)cc4)c4ccccc4nc3ccc21. The van der Waals surface area contributed by atoms with Crippen molar-refractivity contribution >= 4 is 55.8 Å². The van der Waals surface area contributed by atoms with Crippen LogP contribution in [0, 0.1) is 0 Å². The summed E-state index contributed by atoms with van der Waals surface area (Å²) in [4.78, 5) is 9.64. The molecule has 138 valence electrons. The van der Waals surface area contributed by atoms with Crippen molar-refractivity contribution in [2.24, 2.45) is 0 Å². The van der Waals surface area contributed by atoms with Crippen molar-refractivity contribution in [3.8, 4) is 0 Å². The van der Waals surface area contributed by atoms with E-state index >= 15 is 0 Å². The van der Waals surface area contributed by atoms with Gasteiger partial charge in [-0.2, -0.15) is 0 Å². The van der Waals surface area contributed by atoms with Crippen LogP contribution < -0.4 is 5.32 Å². The molecule has 0 bridgehead atoms. The summed E-state index contributed by atoms with van der Waals surface area (Å²) in [6.45, 7) is 3.12. The lowest BCUT2D eigenvalue weighted by molar-refractivity contribution is 0.697. The molecule has 5 aromatic rings. The van der Waals surface area contributed by atoms with E-state index in [0.29, 0.717) is 0 Å². The molecule has 0 atom stereocenters. The standard InChI is InChI=1S/C23H19ClN4/c1-2-13-28-14-25-23-20(28)12-11-19-21(23)22(17-5-3-4-6-18(17)27-19)26-16-9-7-15(24)8-10-16/h3-12,14H,2,13H2,1H3,(H,26,27). The Labute approximate surface area is 167 Å².